The topological polar surface area (TPSA) is 32.8 Å². The number of benzene rings is 2. The number of hydrogen-bond donors (Lipinski definition) is 0. The molecule has 0 spiro atoms. The lowest BCUT2D eigenvalue weighted by Gasteiger charge is -2.37. The van der Waals surface area contributed by atoms with Gasteiger partial charge in [0.2, 0.25) is 0 Å². The standard InChI is InChI=1S/C20H22F2N2O2/c1-14-5-3-4-6-18(14)23-9-11-24(12-10-23)20(25)15(2)26-19-8-7-16(21)13-17(19)22/h3-8,13,15H,9-12H2,1-2H3. The minimum atomic E-state index is -0.833. The van der Waals surface area contributed by atoms with E-state index < -0.39 is 17.7 Å². The molecule has 1 unspecified atom stereocenters. The highest BCUT2D eigenvalue weighted by Gasteiger charge is 2.27. The lowest BCUT2D eigenvalue weighted by molar-refractivity contribution is -0.138. The van der Waals surface area contributed by atoms with Crippen molar-refractivity contribution >= 4 is 11.6 Å². The summed E-state index contributed by atoms with van der Waals surface area (Å²) in [6.07, 6.45) is -0.833. The van der Waals surface area contributed by atoms with Crippen LogP contribution in [0.4, 0.5) is 14.5 Å². The molecule has 0 bridgehead atoms. The van der Waals surface area contributed by atoms with E-state index in [1.165, 1.54) is 17.3 Å². The Kier molecular flexibility index (Phi) is 5.40. The van der Waals surface area contributed by atoms with Crippen LogP contribution in [0.3, 0.4) is 0 Å². The number of rotatable bonds is 4. The molecule has 1 saturated heterocycles. The van der Waals surface area contributed by atoms with Crippen molar-refractivity contribution in [3.05, 3.63) is 59.7 Å². The number of carbonyl (C=O) groups is 1. The summed E-state index contributed by atoms with van der Waals surface area (Å²) >= 11 is 0. The van der Waals surface area contributed by atoms with Crippen LogP contribution in [0.1, 0.15) is 12.5 Å². The van der Waals surface area contributed by atoms with Gasteiger partial charge >= 0.3 is 0 Å². The summed E-state index contributed by atoms with van der Waals surface area (Å²) in [7, 11) is 0. The monoisotopic (exact) mass is 360 g/mol. The summed E-state index contributed by atoms with van der Waals surface area (Å²) in [4.78, 5) is 16.6. The van der Waals surface area contributed by atoms with Crippen molar-refractivity contribution in [1.82, 2.24) is 4.90 Å². The highest BCUT2D eigenvalue weighted by atomic mass is 19.1. The Hall–Kier alpha value is -2.63. The molecule has 1 heterocycles. The number of hydrogen-bond acceptors (Lipinski definition) is 3. The fraction of sp³-hybridized carbons (Fsp3) is 0.350. The third kappa shape index (κ3) is 3.95. The summed E-state index contributed by atoms with van der Waals surface area (Å²) in [6, 6.07) is 11.2. The molecule has 4 nitrogen and oxygen atoms in total. The number of anilines is 1. The van der Waals surface area contributed by atoms with E-state index >= 15 is 0 Å². The maximum Gasteiger partial charge on any atom is 0.263 e. The molecule has 0 saturated carbocycles. The van der Waals surface area contributed by atoms with E-state index in [1.54, 1.807) is 11.8 Å². The minimum Gasteiger partial charge on any atom is -0.478 e. The SMILES string of the molecule is Cc1ccccc1N1CCN(C(=O)C(C)Oc2ccc(F)cc2F)CC1. The van der Waals surface area contributed by atoms with Crippen LogP contribution in [0.15, 0.2) is 42.5 Å². The molecular weight excluding hydrogens is 338 g/mol. The Morgan fingerprint density at radius 2 is 1.77 bits per heavy atom. The van der Waals surface area contributed by atoms with Gasteiger partial charge in [-0.1, -0.05) is 18.2 Å². The van der Waals surface area contributed by atoms with E-state index in [0.717, 1.165) is 25.2 Å². The zero-order valence-corrected chi connectivity index (χ0v) is 14.9. The van der Waals surface area contributed by atoms with E-state index in [4.69, 9.17) is 4.74 Å². The first-order valence-electron chi connectivity index (χ1n) is 8.67. The summed E-state index contributed by atoms with van der Waals surface area (Å²) in [5.41, 5.74) is 2.38. The Labute approximate surface area is 152 Å². The van der Waals surface area contributed by atoms with E-state index in [2.05, 4.69) is 24.0 Å². The number of ether oxygens (including phenoxy) is 1. The largest absolute Gasteiger partial charge is 0.478 e. The molecule has 0 radical (unpaired) electrons. The molecule has 6 heteroatoms. The van der Waals surface area contributed by atoms with E-state index in [0.29, 0.717) is 13.1 Å². The fourth-order valence-corrected chi connectivity index (χ4v) is 3.15. The predicted octanol–water partition coefficient (Wildman–Crippen LogP) is 3.39. The van der Waals surface area contributed by atoms with Gasteiger partial charge in [0.25, 0.3) is 5.91 Å². The van der Waals surface area contributed by atoms with Crippen LogP contribution in [-0.4, -0.2) is 43.1 Å². The number of nitrogens with zero attached hydrogens (tertiary/aromatic N) is 2. The molecule has 0 aromatic heterocycles. The van der Waals surface area contributed by atoms with Gasteiger partial charge in [0, 0.05) is 37.9 Å². The second-order valence-electron chi connectivity index (χ2n) is 6.43. The maximum absolute atomic E-state index is 13.7. The van der Waals surface area contributed by atoms with E-state index in [-0.39, 0.29) is 11.7 Å². The second kappa shape index (κ2) is 7.72. The van der Waals surface area contributed by atoms with Crippen molar-refractivity contribution in [2.75, 3.05) is 31.1 Å². The Morgan fingerprint density at radius 3 is 2.42 bits per heavy atom. The average molecular weight is 360 g/mol. The first-order chi connectivity index (χ1) is 12.5. The van der Waals surface area contributed by atoms with Crippen LogP contribution in [0.5, 0.6) is 5.75 Å². The first-order valence-corrected chi connectivity index (χ1v) is 8.67. The molecule has 26 heavy (non-hydrogen) atoms. The fourth-order valence-electron chi connectivity index (χ4n) is 3.15. The van der Waals surface area contributed by atoms with Gasteiger partial charge in [-0.3, -0.25) is 4.79 Å². The Balaban J connectivity index is 1.58. The van der Waals surface area contributed by atoms with E-state index in [9.17, 15) is 13.6 Å². The quantitative estimate of drug-likeness (QED) is 0.838. The Morgan fingerprint density at radius 1 is 1.08 bits per heavy atom. The van der Waals surface area contributed by atoms with Crippen molar-refractivity contribution in [2.24, 2.45) is 0 Å². The van der Waals surface area contributed by atoms with Crippen LogP contribution in [0.2, 0.25) is 0 Å². The van der Waals surface area contributed by atoms with Crippen LogP contribution in [-0.2, 0) is 4.79 Å². The van der Waals surface area contributed by atoms with Gasteiger partial charge < -0.3 is 14.5 Å². The molecule has 1 fully saturated rings. The van der Waals surface area contributed by atoms with Crippen molar-refractivity contribution in [3.8, 4) is 5.75 Å². The van der Waals surface area contributed by atoms with Gasteiger partial charge in [0.15, 0.2) is 17.7 Å². The number of carbonyl (C=O) groups excluding carboxylic acids is 1. The van der Waals surface area contributed by atoms with Gasteiger partial charge in [-0.25, -0.2) is 8.78 Å². The van der Waals surface area contributed by atoms with Crippen LogP contribution >= 0.6 is 0 Å². The average Bonchev–Trinajstić information content (AvgIpc) is 2.64. The van der Waals surface area contributed by atoms with Crippen molar-refractivity contribution < 1.29 is 18.3 Å². The lowest BCUT2D eigenvalue weighted by atomic mass is 10.1. The highest BCUT2D eigenvalue weighted by Crippen LogP contribution is 2.22. The van der Waals surface area contributed by atoms with Crippen molar-refractivity contribution in [2.45, 2.75) is 20.0 Å². The van der Waals surface area contributed by atoms with Crippen LogP contribution in [0.25, 0.3) is 0 Å². The zero-order chi connectivity index (χ0) is 18.7. The van der Waals surface area contributed by atoms with Gasteiger partial charge in [-0.05, 0) is 37.6 Å². The summed E-state index contributed by atoms with van der Waals surface area (Å²) < 4.78 is 32.1. The number of piperazine rings is 1. The number of aryl methyl sites for hydroxylation is 1. The van der Waals surface area contributed by atoms with Crippen molar-refractivity contribution in [3.63, 3.8) is 0 Å². The molecular formula is C20H22F2N2O2. The van der Waals surface area contributed by atoms with Crippen LogP contribution < -0.4 is 9.64 Å². The molecule has 1 aliphatic heterocycles. The number of amides is 1. The molecule has 1 amide bonds. The van der Waals surface area contributed by atoms with Gasteiger partial charge in [0.1, 0.15) is 5.82 Å². The molecule has 2 aromatic rings. The lowest BCUT2D eigenvalue weighted by Crippen LogP contribution is -2.52. The predicted molar refractivity (Wildman–Crippen MR) is 96.4 cm³/mol. The number of halogens is 2. The normalized spacial score (nSPS) is 15.7. The molecule has 1 atom stereocenters. The Bertz CT molecular complexity index is 789. The maximum atomic E-state index is 13.7. The summed E-state index contributed by atoms with van der Waals surface area (Å²) in [6.45, 7) is 6.26. The van der Waals surface area contributed by atoms with Gasteiger partial charge in [-0.15, -0.1) is 0 Å². The summed E-state index contributed by atoms with van der Waals surface area (Å²) in [5.74, 6) is -1.81. The number of para-hydroxylation sites is 1. The minimum absolute atomic E-state index is 0.120. The molecule has 0 aliphatic carbocycles. The van der Waals surface area contributed by atoms with Crippen LogP contribution in [0, 0.1) is 18.6 Å². The molecule has 138 valence electrons. The third-order valence-corrected chi connectivity index (χ3v) is 4.59. The molecule has 2 aromatic carbocycles. The van der Waals surface area contributed by atoms with Gasteiger partial charge in [-0.2, -0.15) is 0 Å². The highest BCUT2D eigenvalue weighted by molar-refractivity contribution is 5.81. The van der Waals surface area contributed by atoms with E-state index in [1.807, 2.05) is 12.1 Å². The van der Waals surface area contributed by atoms with Gasteiger partial charge in [0.05, 0.1) is 0 Å². The van der Waals surface area contributed by atoms with Crippen molar-refractivity contribution in [1.29, 1.82) is 0 Å². The second-order valence-corrected chi connectivity index (χ2v) is 6.43. The molecule has 0 N–H and O–H groups in total. The molecule has 1 aliphatic rings. The molecule has 3 rings (SSSR count). The summed E-state index contributed by atoms with van der Waals surface area (Å²) in [5, 5.41) is 0. The third-order valence-electron chi connectivity index (χ3n) is 4.59. The smallest absolute Gasteiger partial charge is 0.263 e. The first kappa shape index (κ1) is 18.2. The zero-order valence-electron chi connectivity index (χ0n) is 14.9.